The highest BCUT2D eigenvalue weighted by atomic mass is 79.9. The molecule has 21 heavy (non-hydrogen) atoms. The Labute approximate surface area is 131 Å². The summed E-state index contributed by atoms with van der Waals surface area (Å²) < 4.78 is 18.6. The van der Waals surface area contributed by atoms with Gasteiger partial charge in [0.25, 0.3) is 0 Å². The standard InChI is InChI=1S/C16H15BrFNO2/c1-10-3-5-12(16(20)21-2)8-15(10)19-9-11-4-6-13(17)14(18)7-11/h3-8,19H,9H2,1-2H3. The number of halogens is 2. The number of methoxy groups -OCH3 is 1. The van der Waals surface area contributed by atoms with Gasteiger partial charge in [0.05, 0.1) is 17.1 Å². The fourth-order valence-electron chi connectivity index (χ4n) is 1.90. The van der Waals surface area contributed by atoms with Gasteiger partial charge in [-0.3, -0.25) is 0 Å². The summed E-state index contributed by atoms with van der Waals surface area (Å²) in [5.74, 6) is -0.679. The Balaban J connectivity index is 2.15. The number of hydrogen-bond donors (Lipinski definition) is 1. The van der Waals surface area contributed by atoms with E-state index in [0.29, 0.717) is 16.6 Å². The van der Waals surface area contributed by atoms with E-state index in [1.54, 1.807) is 18.2 Å². The predicted molar refractivity (Wildman–Crippen MR) is 83.9 cm³/mol. The zero-order valence-corrected chi connectivity index (χ0v) is 13.3. The minimum atomic E-state index is -0.382. The average molecular weight is 352 g/mol. The van der Waals surface area contributed by atoms with Crippen LogP contribution < -0.4 is 5.32 Å². The lowest BCUT2D eigenvalue weighted by molar-refractivity contribution is 0.0601. The molecule has 0 saturated carbocycles. The van der Waals surface area contributed by atoms with Crippen molar-refractivity contribution in [2.45, 2.75) is 13.5 Å². The Morgan fingerprint density at radius 3 is 2.71 bits per heavy atom. The second-order valence-electron chi connectivity index (χ2n) is 4.62. The van der Waals surface area contributed by atoms with E-state index < -0.39 is 0 Å². The molecule has 0 heterocycles. The third-order valence-corrected chi connectivity index (χ3v) is 3.77. The largest absolute Gasteiger partial charge is 0.465 e. The Morgan fingerprint density at radius 1 is 1.29 bits per heavy atom. The van der Waals surface area contributed by atoms with Gasteiger partial charge in [-0.2, -0.15) is 0 Å². The Bertz CT molecular complexity index is 673. The van der Waals surface area contributed by atoms with Crippen molar-refractivity contribution in [3.8, 4) is 0 Å². The van der Waals surface area contributed by atoms with E-state index in [2.05, 4.69) is 21.2 Å². The quantitative estimate of drug-likeness (QED) is 0.834. The van der Waals surface area contributed by atoms with Crippen LogP contribution in [0.4, 0.5) is 10.1 Å². The first-order chi connectivity index (χ1) is 10.0. The van der Waals surface area contributed by atoms with Crippen molar-refractivity contribution in [3.05, 3.63) is 63.4 Å². The molecule has 0 radical (unpaired) electrons. The lowest BCUT2D eigenvalue weighted by atomic mass is 10.1. The number of carbonyl (C=O) groups is 1. The van der Waals surface area contributed by atoms with Crippen molar-refractivity contribution in [1.29, 1.82) is 0 Å². The first kappa shape index (κ1) is 15.5. The molecule has 0 saturated heterocycles. The monoisotopic (exact) mass is 351 g/mol. The van der Waals surface area contributed by atoms with E-state index in [0.717, 1.165) is 16.8 Å². The predicted octanol–water partition coefficient (Wildman–Crippen LogP) is 4.30. The molecule has 1 N–H and O–H groups in total. The van der Waals surface area contributed by atoms with Crippen LogP contribution in [0.15, 0.2) is 40.9 Å². The van der Waals surface area contributed by atoms with Gasteiger partial charge in [-0.25, -0.2) is 9.18 Å². The molecule has 0 aromatic heterocycles. The highest BCUT2D eigenvalue weighted by molar-refractivity contribution is 9.10. The van der Waals surface area contributed by atoms with Gasteiger partial charge in [-0.15, -0.1) is 0 Å². The number of esters is 1. The third-order valence-electron chi connectivity index (χ3n) is 3.13. The molecule has 0 bridgehead atoms. The lowest BCUT2D eigenvalue weighted by Crippen LogP contribution is -2.05. The molecule has 0 aliphatic heterocycles. The topological polar surface area (TPSA) is 38.3 Å². The Kier molecular flexibility index (Phi) is 4.96. The maximum absolute atomic E-state index is 13.5. The van der Waals surface area contributed by atoms with Gasteiger partial charge < -0.3 is 10.1 Å². The van der Waals surface area contributed by atoms with E-state index in [-0.39, 0.29) is 11.8 Å². The fraction of sp³-hybridized carbons (Fsp3) is 0.188. The van der Waals surface area contributed by atoms with Gasteiger partial charge in [0.15, 0.2) is 0 Å². The van der Waals surface area contributed by atoms with Crippen LogP contribution in [0.5, 0.6) is 0 Å². The van der Waals surface area contributed by atoms with Gasteiger partial charge >= 0.3 is 5.97 Å². The molecule has 5 heteroatoms. The summed E-state index contributed by atoms with van der Waals surface area (Å²) in [6.45, 7) is 2.40. The number of rotatable bonds is 4. The van der Waals surface area contributed by atoms with Crippen LogP contribution in [-0.2, 0) is 11.3 Å². The Hall–Kier alpha value is -1.88. The average Bonchev–Trinajstić information content (AvgIpc) is 2.49. The van der Waals surface area contributed by atoms with E-state index in [1.165, 1.54) is 13.2 Å². The molecular formula is C16H15BrFNO2. The second-order valence-corrected chi connectivity index (χ2v) is 5.48. The number of ether oxygens (including phenoxy) is 1. The molecular weight excluding hydrogens is 337 g/mol. The van der Waals surface area contributed by atoms with Crippen LogP contribution in [0.25, 0.3) is 0 Å². The number of hydrogen-bond acceptors (Lipinski definition) is 3. The summed E-state index contributed by atoms with van der Waals surface area (Å²) >= 11 is 3.12. The molecule has 3 nitrogen and oxygen atoms in total. The highest BCUT2D eigenvalue weighted by Crippen LogP contribution is 2.20. The normalized spacial score (nSPS) is 10.3. The summed E-state index contributed by atoms with van der Waals surface area (Å²) in [6, 6.07) is 10.3. The van der Waals surface area contributed by atoms with Crippen LogP contribution in [-0.4, -0.2) is 13.1 Å². The molecule has 0 fully saturated rings. The van der Waals surface area contributed by atoms with Crippen molar-refractivity contribution in [2.75, 3.05) is 12.4 Å². The fourth-order valence-corrected chi connectivity index (χ4v) is 2.15. The number of nitrogens with one attached hydrogen (secondary N) is 1. The first-order valence-electron chi connectivity index (χ1n) is 6.38. The van der Waals surface area contributed by atoms with E-state index in [9.17, 15) is 9.18 Å². The molecule has 2 aromatic rings. The number of benzene rings is 2. The number of anilines is 1. The molecule has 0 atom stereocenters. The summed E-state index contributed by atoms with van der Waals surface area (Å²) in [6.07, 6.45) is 0. The van der Waals surface area contributed by atoms with Crippen molar-refractivity contribution >= 4 is 27.6 Å². The van der Waals surface area contributed by atoms with Crippen molar-refractivity contribution in [2.24, 2.45) is 0 Å². The van der Waals surface area contributed by atoms with E-state index in [1.807, 2.05) is 19.1 Å². The molecule has 0 spiro atoms. The SMILES string of the molecule is COC(=O)c1ccc(C)c(NCc2ccc(Br)c(F)c2)c1. The zero-order valence-electron chi connectivity index (χ0n) is 11.7. The lowest BCUT2D eigenvalue weighted by Gasteiger charge is -2.11. The maximum Gasteiger partial charge on any atom is 0.337 e. The second kappa shape index (κ2) is 6.72. The zero-order chi connectivity index (χ0) is 15.4. The molecule has 2 rings (SSSR count). The van der Waals surface area contributed by atoms with Crippen molar-refractivity contribution in [1.82, 2.24) is 0 Å². The third kappa shape index (κ3) is 3.82. The molecule has 0 amide bonds. The Morgan fingerprint density at radius 2 is 2.05 bits per heavy atom. The molecule has 0 aliphatic rings. The van der Waals surface area contributed by atoms with Crippen LogP contribution in [0.2, 0.25) is 0 Å². The van der Waals surface area contributed by atoms with Gasteiger partial charge in [0.2, 0.25) is 0 Å². The highest BCUT2D eigenvalue weighted by Gasteiger charge is 2.08. The summed E-state index contributed by atoms with van der Waals surface area (Å²) in [4.78, 5) is 11.5. The molecule has 0 aliphatic carbocycles. The van der Waals surface area contributed by atoms with Crippen molar-refractivity contribution in [3.63, 3.8) is 0 Å². The summed E-state index contributed by atoms with van der Waals surface area (Å²) in [5.41, 5.74) is 3.12. The van der Waals surface area contributed by atoms with Gasteiger partial charge in [0.1, 0.15) is 5.82 Å². The number of aryl methyl sites for hydroxylation is 1. The molecule has 0 unspecified atom stereocenters. The smallest absolute Gasteiger partial charge is 0.337 e. The minimum Gasteiger partial charge on any atom is -0.465 e. The maximum atomic E-state index is 13.5. The van der Waals surface area contributed by atoms with Crippen LogP contribution >= 0.6 is 15.9 Å². The van der Waals surface area contributed by atoms with Gasteiger partial charge in [-0.05, 0) is 58.2 Å². The van der Waals surface area contributed by atoms with Gasteiger partial charge in [0, 0.05) is 12.2 Å². The van der Waals surface area contributed by atoms with Gasteiger partial charge in [-0.1, -0.05) is 12.1 Å². The number of carbonyl (C=O) groups excluding carboxylic acids is 1. The summed E-state index contributed by atoms with van der Waals surface area (Å²) in [7, 11) is 1.35. The van der Waals surface area contributed by atoms with Crippen molar-refractivity contribution < 1.29 is 13.9 Å². The summed E-state index contributed by atoms with van der Waals surface area (Å²) in [5, 5.41) is 3.21. The van der Waals surface area contributed by atoms with Crippen LogP contribution in [0.3, 0.4) is 0 Å². The van der Waals surface area contributed by atoms with E-state index in [4.69, 9.17) is 4.74 Å². The molecule has 2 aromatic carbocycles. The minimum absolute atomic E-state index is 0.297. The molecule has 110 valence electrons. The first-order valence-corrected chi connectivity index (χ1v) is 7.17. The van der Waals surface area contributed by atoms with E-state index >= 15 is 0 Å². The van der Waals surface area contributed by atoms with Crippen LogP contribution in [0, 0.1) is 12.7 Å². The van der Waals surface area contributed by atoms with Crippen LogP contribution in [0.1, 0.15) is 21.5 Å².